The van der Waals surface area contributed by atoms with E-state index >= 15 is 0 Å². The molecule has 2 rings (SSSR count). The average Bonchev–Trinajstić information content (AvgIpc) is 2.67. The summed E-state index contributed by atoms with van der Waals surface area (Å²) in [7, 11) is 1.98. The molecule has 0 spiro atoms. The Morgan fingerprint density at radius 2 is 2.15 bits per heavy atom. The molecule has 0 saturated carbocycles. The first-order chi connectivity index (χ1) is 9.76. The summed E-state index contributed by atoms with van der Waals surface area (Å²) in [4.78, 5) is 2.54. The van der Waals surface area contributed by atoms with Crippen molar-refractivity contribution in [3.8, 4) is 0 Å². The molecule has 20 heavy (non-hydrogen) atoms. The molecule has 1 N–H and O–H groups in total. The smallest absolute Gasteiger partial charge is 0.0471 e. The molecule has 1 fully saturated rings. The topological polar surface area (TPSA) is 15.3 Å². The van der Waals surface area contributed by atoms with Gasteiger partial charge in [-0.3, -0.25) is 0 Å². The van der Waals surface area contributed by atoms with Crippen molar-refractivity contribution in [3.63, 3.8) is 0 Å². The number of halogens is 1. The molecule has 3 heteroatoms. The van der Waals surface area contributed by atoms with Gasteiger partial charge in [0.05, 0.1) is 0 Å². The molecule has 1 aliphatic heterocycles. The van der Waals surface area contributed by atoms with Crippen LogP contribution in [0.3, 0.4) is 0 Å². The van der Waals surface area contributed by atoms with Crippen molar-refractivity contribution in [1.29, 1.82) is 0 Å². The third kappa shape index (κ3) is 3.89. The molecule has 0 bridgehead atoms. The Labute approximate surface area is 128 Å². The molecular formula is C17H27ClN2. The molecule has 0 aliphatic carbocycles. The van der Waals surface area contributed by atoms with Crippen molar-refractivity contribution in [3.05, 3.63) is 28.8 Å². The number of anilines is 1. The Morgan fingerprint density at radius 3 is 2.90 bits per heavy atom. The van der Waals surface area contributed by atoms with Crippen LogP contribution in [0.4, 0.5) is 5.69 Å². The highest BCUT2D eigenvalue weighted by Gasteiger charge is 2.19. The van der Waals surface area contributed by atoms with Crippen LogP contribution in [0.5, 0.6) is 0 Å². The van der Waals surface area contributed by atoms with Gasteiger partial charge in [0.25, 0.3) is 0 Å². The van der Waals surface area contributed by atoms with Crippen LogP contribution in [0.1, 0.15) is 44.6 Å². The molecule has 1 unspecified atom stereocenters. The predicted octanol–water partition coefficient (Wildman–Crippen LogP) is 4.47. The van der Waals surface area contributed by atoms with E-state index in [2.05, 4.69) is 29.3 Å². The van der Waals surface area contributed by atoms with Crippen LogP contribution in [0.2, 0.25) is 5.02 Å². The minimum Gasteiger partial charge on any atom is -0.371 e. The van der Waals surface area contributed by atoms with E-state index in [0.29, 0.717) is 0 Å². The third-order valence-corrected chi connectivity index (χ3v) is 4.69. The van der Waals surface area contributed by atoms with Crippen LogP contribution >= 0.6 is 11.6 Å². The van der Waals surface area contributed by atoms with Crippen LogP contribution in [-0.4, -0.2) is 20.1 Å². The minimum atomic E-state index is 0.837. The molecule has 0 amide bonds. The molecule has 1 aromatic carbocycles. The maximum absolute atomic E-state index is 6.38. The van der Waals surface area contributed by atoms with Crippen LogP contribution in [-0.2, 0) is 6.54 Å². The molecule has 112 valence electrons. The maximum atomic E-state index is 6.38. The Morgan fingerprint density at radius 1 is 1.30 bits per heavy atom. The van der Waals surface area contributed by atoms with Crippen LogP contribution in [0, 0.1) is 5.92 Å². The summed E-state index contributed by atoms with van der Waals surface area (Å²) in [5.74, 6) is 0.914. The lowest BCUT2D eigenvalue weighted by atomic mass is 9.96. The Hall–Kier alpha value is -0.730. The number of nitrogens with one attached hydrogen (secondary N) is 1. The van der Waals surface area contributed by atoms with E-state index in [1.807, 2.05) is 13.1 Å². The fourth-order valence-corrected chi connectivity index (χ4v) is 3.53. The van der Waals surface area contributed by atoms with Gasteiger partial charge >= 0.3 is 0 Å². The third-order valence-electron chi connectivity index (χ3n) is 4.33. The second-order valence-electron chi connectivity index (χ2n) is 5.84. The molecule has 1 heterocycles. The van der Waals surface area contributed by atoms with Crippen molar-refractivity contribution in [2.45, 2.75) is 45.6 Å². The second kappa shape index (κ2) is 7.90. The van der Waals surface area contributed by atoms with Gasteiger partial charge in [-0.2, -0.15) is 0 Å². The van der Waals surface area contributed by atoms with Gasteiger partial charge in [0.2, 0.25) is 0 Å². The lowest BCUT2D eigenvalue weighted by Crippen LogP contribution is -2.26. The van der Waals surface area contributed by atoms with Crippen molar-refractivity contribution in [1.82, 2.24) is 5.32 Å². The summed E-state index contributed by atoms with van der Waals surface area (Å²) < 4.78 is 0. The fourth-order valence-electron chi connectivity index (χ4n) is 3.30. The summed E-state index contributed by atoms with van der Waals surface area (Å²) in [6.45, 7) is 5.47. The number of hydrogen-bond donors (Lipinski definition) is 1. The first-order valence-electron chi connectivity index (χ1n) is 7.93. The van der Waals surface area contributed by atoms with Crippen molar-refractivity contribution in [2.75, 3.05) is 25.0 Å². The standard InChI is InChI=1S/C17H27ClN2/c1-3-6-14-7-5-11-20(12-10-14)17-9-4-8-16(18)15(17)13-19-2/h4,8-9,14,19H,3,5-7,10-13H2,1-2H3. The monoisotopic (exact) mass is 294 g/mol. The van der Waals surface area contributed by atoms with Gasteiger partial charge in [-0.25, -0.2) is 0 Å². The zero-order valence-corrected chi connectivity index (χ0v) is 13.5. The lowest BCUT2D eigenvalue weighted by Gasteiger charge is -2.26. The van der Waals surface area contributed by atoms with E-state index in [1.165, 1.54) is 49.9 Å². The highest BCUT2D eigenvalue weighted by molar-refractivity contribution is 6.31. The zero-order valence-electron chi connectivity index (χ0n) is 12.8. The van der Waals surface area contributed by atoms with Crippen molar-refractivity contribution in [2.24, 2.45) is 5.92 Å². The first kappa shape index (κ1) is 15.7. The van der Waals surface area contributed by atoms with Crippen molar-refractivity contribution >= 4 is 17.3 Å². The van der Waals surface area contributed by atoms with E-state index in [9.17, 15) is 0 Å². The number of rotatable bonds is 5. The number of nitrogens with zero attached hydrogens (tertiary/aromatic N) is 1. The molecule has 1 aromatic rings. The summed E-state index contributed by atoms with van der Waals surface area (Å²) >= 11 is 6.38. The Balaban J connectivity index is 2.13. The summed E-state index contributed by atoms with van der Waals surface area (Å²) in [5.41, 5.74) is 2.56. The van der Waals surface area contributed by atoms with Gasteiger partial charge in [0, 0.05) is 35.9 Å². The molecule has 0 aromatic heterocycles. The van der Waals surface area contributed by atoms with E-state index in [1.54, 1.807) is 0 Å². The zero-order chi connectivity index (χ0) is 14.4. The average molecular weight is 295 g/mol. The van der Waals surface area contributed by atoms with Gasteiger partial charge < -0.3 is 10.2 Å². The molecule has 1 aliphatic rings. The summed E-state index contributed by atoms with van der Waals surface area (Å²) in [6.07, 6.45) is 6.70. The van der Waals surface area contributed by atoms with Gasteiger partial charge in [-0.1, -0.05) is 37.4 Å². The molecule has 2 nitrogen and oxygen atoms in total. The van der Waals surface area contributed by atoms with E-state index < -0.39 is 0 Å². The lowest BCUT2D eigenvalue weighted by molar-refractivity contribution is 0.435. The highest BCUT2D eigenvalue weighted by Crippen LogP contribution is 2.31. The van der Waals surface area contributed by atoms with Gasteiger partial charge in [-0.15, -0.1) is 0 Å². The van der Waals surface area contributed by atoms with E-state index in [-0.39, 0.29) is 0 Å². The first-order valence-corrected chi connectivity index (χ1v) is 8.31. The minimum absolute atomic E-state index is 0.837. The molecule has 1 atom stereocenters. The largest absolute Gasteiger partial charge is 0.371 e. The molecular weight excluding hydrogens is 268 g/mol. The van der Waals surface area contributed by atoms with Gasteiger partial charge in [-0.05, 0) is 44.4 Å². The van der Waals surface area contributed by atoms with Crippen molar-refractivity contribution < 1.29 is 0 Å². The fraction of sp³-hybridized carbons (Fsp3) is 0.647. The quantitative estimate of drug-likeness (QED) is 0.862. The van der Waals surface area contributed by atoms with Crippen LogP contribution in [0.25, 0.3) is 0 Å². The second-order valence-corrected chi connectivity index (χ2v) is 6.25. The van der Waals surface area contributed by atoms with Gasteiger partial charge in [0.15, 0.2) is 0 Å². The Bertz CT molecular complexity index is 419. The Kier molecular flexibility index (Phi) is 6.18. The highest BCUT2D eigenvalue weighted by atomic mass is 35.5. The molecule has 0 radical (unpaired) electrons. The van der Waals surface area contributed by atoms with Gasteiger partial charge in [0.1, 0.15) is 0 Å². The summed E-state index contributed by atoms with van der Waals surface area (Å²) in [5, 5.41) is 4.12. The van der Waals surface area contributed by atoms with Crippen LogP contribution < -0.4 is 10.2 Å². The summed E-state index contributed by atoms with van der Waals surface area (Å²) in [6, 6.07) is 6.29. The van der Waals surface area contributed by atoms with E-state index in [0.717, 1.165) is 24.0 Å². The predicted molar refractivity (Wildman–Crippen MR) is 88.7 cm³/mol. The maximum Gasteiger partial charge on any atom is 0.0471 e. The number of benzene rings is 1. The number of hydrogen-bond acceptors (Lipinski definition) is 2. The normalized spacial score (nSPS) is 19.9. The van der Waals surface area contributed by atoms with E-state index in [4.69, 9.17) is 11.6 Å². The van der Waals surface area contributed by atoms with Crippen LogP contribution in [0.15, 0.2) is 18.2 Å². The SMILES string of the molecule is CCCC1CCCN(c2cccc(Cl)c2CNC)CC1. The molecule has 1 saturated heterocycles.